The summed E-state index contributed by atoms with van der Waals surface area (Å²) in [5, 5.41) is 10.6. The SMILES string of the molecule is Cn1ccc(NC(=O)c2cc(Oc3ccc(-c4ncon4)c(F)c3)c3c(c2)OC(C)(C)C3)n1. The van der Waals surface area contributed by atoms with Crippen LogP contribution >= 0.6 is 0 Å². The molecule has 1 amide bonds. The molecule has 2 aromatic heterocycles. The predicted molar refractivity (Wildman–Crippen MR) is 116 cm³/mol. The van der Waals surface area contributed by atoms with Crippen LogP contribution in [0.1, 0.15) is 29.8 Å². The number of fused-ring (bicyclic) bond motifs is 1. The molecule has 0 bridgehead atoms. The van der Waals surface area contributed by atoms with Gasteiger partial charge in [0.25, 0.3) is 5.91 Å². The number of amides is 1. The van der Waals surface area contributed by atoms with Gasteiger partial charge in [0.1, 0.15) is 28.7 Å². The molecule has 2 aromatic carbocycles. The van der Waals surface area contributed by atoms with Crippen molar-refractivity contribution in [2.45, 2.75) is 25.9 Å². The number of ether oxygens (including phenoxy) is 2. The summed E-state index contributed by atoms with van der Waals surface area (Å²) in [6.45, 7) is 3.90. The lowest BCUT2D eigenvalue weighted by molar-refractivity contribution is 0.102. The molecule has 1 N–H and O–H groups in total. The van der Waals surface area contributed by atoms with Crippen molar-refractivity contribution >= 4 is 11.7 Å². The molecule has 0 fully saturated rings. The van der Waals surface area contributed by atoms with Crippen molar-refractivity contribution in [1.82, 2.24) is 19.9 Å². The third-order valence-corrected chi connectivity index (χ3v) is 5.14. The maximum atomic E-state index is 14.7. The van der Waals surface area contributed by atoms with E-state index in [2.05, 4.69) is 25.1 Å². The molecule has 4 aromatic rings. The largest absolute Gasteiger partial charge is 0.487 e. The Morgan fingerprint density at radius 3 is 2.79 bits per heavy atom. The summed E-state index contributed by atoms with van der Waals surface area (Å²) in [4.78, 5) is 16.7. The Morgan fingerprint density at radius 2 is 2.09 bits per heavy atom. The molecule has 1 aliphatic rings. The highest BCUT2D eigenvalue weighted by Gasteiger charge is 2.34. The van der Waals surface area contributed by atoms with E-state index in [0.717, 1.165) is 12.0 Å². The lowest BCUT2D eigenvalue weighted by Crippen LogP contribution is -2.24. The Bertz CT molecular complexity index is 1350. The summed E-state index contributed by atoms with van der Waals surface area (Å²) < 4.78 is 33.0. The molecule has 33 heavy (non-hydrogen) atoms. The Hall–Kier alpha value is -4.21. The van der Waals surface area contributed by atoms with Gasteiger partial charge in [0.2, 0.25) is 12.2 Å². The van der Waals surface area contributed by atoms with E-state index < -0.39 is 11.4 Å². The van der Waals surface area contributed by atoms with Gasteiger partial charge < -0.3 is 19.3 Å². The summed E-state index contributed by atoms with van der Waals surface area (Å²) in [6, 6.07) is 9.33. The fraction of sp³-hybridized carbons (Fsp3) is 0.217. The lowest BCUT2D eigenvalue weighted by Gasteiger charge is -2.16. The normalized spacial score (nSPS) is 13.9. The number of hydrogen-bond donors (Lipinski definition) is 1. The van der Waals surface area contributed by atoms with Crippen molar-refractivity contribution in [3.05, 3.63) is 65.9 Å². The van der Waals surface area contributed by atoms with Crippen LogP contribution < -0.4 is 14.8 Å². The average Bonchev–Trinajstić information content (AvgIpc) is 3.48. The van der Waals surface area contributed by atoms with E-state index in [-0.39, 0.29) is 23.0 Å². The van der Waals surface area contributed by atoms with Crippen molar-refractivity contribution in [2.24, 2.45) is 7.05 Å². The predicted octanol–water partition coefficient (Wildman–Crippen LogP) is 4.37. The quantitative estimate of drug-likeness (QED) is 0.482. The van der Waals surface area contributed by atoms with Crippen LogP contribution in [0.15, 0.2) is 53.5 Å². The lowest BCUT2D eigenvalue weighted by atomic mass is 9.99. The summed E-state index contributed by atoms with van der Waals surface area (Å²) >= 11 is 0. The Labute approximate surface area is 188 Å². The number of carbonyl (C=O) groups excluding carboxylic acids is 1. The molecule has 0 aliphatic carbocycles. The van der Waals surface area contributed by atoms with Crippen LogP contribution in [0.5, 0.6) is 17.2 Å². The number of nitrogens with zero attached hydrogens (tertiary/aromatic N) is 4. The van der Waals surface area contributed by atoms with Crippen LogP contribution in [0.2, 0.25) is 0 Å². The van der Waals surface area contributed by atoms with E-state index in [1.807, 2.05) is 13.8 Å². The smallest absolute Gasteiger partial charge is 0.257 e. The van der Waals surface area contributed by atoms with Gasteiger partial charge >= 0.3 is 0 Å². The maximum Gasteiger partial charge on any atom is 0.257 e. The van der Waals surface area contributed by atoms with Gasteiger partial charge in [-0.15, -0.1) is 0 Å². The zero-order valence-electron chi connectivity index (χ0n) is 18.1. The van der Waals surface area contributed by atoms with Gasteiger partial charge in [0, 0.05) is 42.9 Å². The number of rotatable bonds is 5. The summed E-state index contributed by atoms with van der Waals surface area (Å²) in [7, 11) is 1.76. The van der Waals surface area contributed by atoms with Crippen molar-refractivity contribution < 1.29 is 23.2 Å². The molecule has 0 saturated heterocycles. The summed E-state index contributed by atoms with van der Waals surface area (Å²) in [5.74, 6) is 0.853. The highest BCUT2D eigenvalue weighted by molar-refractivity contribution is 6.04. The van der Waals surface area contributed by atoms with Crippen LogP contribution in [0.3, 0.4) is 0 Å². The molecule has 0 unspecified atom stereocenters. The molecular weight excluding hydrogens is 429 g/mol. The standard InChI is InChI=1S/C23H20FN5O4/c1-23(2)11-16-18(32-14-4-5-15(17(24)10-14)21-25-12-31-28-21)8-13(9-19(16)33-23)22(30)26-20-6-7-29(3)27-20/h4-10,12H,11H2,1-3H3,(H,26,27,30). The molecule has 1 aliphatic heterocycles. The number of aryl methyl sites for hydroxylation is 1. The first-order valence-corrected chi connectivity index (χ1v) is 10.2. The Kier molecular flexibility index (Phi) is 4.85. The summed E-state index contributed by atoms with van der Waals surface area (Å²) in [5.41, 5.74) is 0.854. The van der Waals surface area contributed by atoms with E-state index in [9.17, 15) is 9.18 Å². The highest BCUT2D eigenvalue weighted by atomic mass is 19.1. The zero-order chi connectivity index (χ0) is 23.2. The monoisotopic (exact) mass is 449 g/mol. The van der Waals surface area contributed by atoms with Crippen LogP contribution in [0.25, 0.3) is 11.4 Å². The molecular formula is C23H20FN5O4. The fourth-order valence-electron chi connectivity index (χ4n) is 3.69. The van der Waals surface area contributed by atoms with Crippen LogP contribution in [0, 0.1) is 5.82 Å². The number of nitrogens with one attached hydrogen (secondary N) is 1. The van der Waals surface area contributed by atoms with Gasteiger partial charge in [-0.3, -0.25) is 9.48 Å². The van der Waals surface area contributed by atoms with Crippen LogP contribution in [-0.2, 0) is 13.5 Å². The van der Waals surface area contributed by atoms with Gasteiger partial charge in [-0.25, -0.2) is 4.39 Å². The Balaban J connectivity index is 1.47. The third-order valence-electron chi connectivity index (χ3n) is 5.14. The van der Waals surface area contributed by atoms with E-state index in [0.29, 0.717) is 29.3 Å². The molecule has 9 nitrogen and oxygen atoms in total. The van der Waals surface area contributed by atoms with Gasteiger partial charge in [-0.05, 0) is 38.1 Å². The van der Waals surface area contributed by atoms with Crippen molar-refractivity contribution in [2.75, 3.05) is 5.32 Å². The number of hydrogen-bond acceptors (Lipinski definition) is 7. The van der Waals surface area contributed by atoms with Gasteiger partial charge in [-0.2, -0.15) is 10.1 Å². The molecule has 0 saturated carbocycles. The number of carbonyl (C=O) groups is 1. The fourth-order valence-corrected chi connectivity index (χ4v) is 3.69. The molecule has 0 atom stereocenters. The summed E-state index contributed by atoms with van der Waals surface area (Å²) in [6.07, 6.45) is 3.43. The maximum absolute atomic E-state index is 14.7. The topological polar surface area (TPSA) is 104 Å². The molecule has 3 heterocycles. The molecule has 0 spiro atoms. The minimum atomic E-state index is -0.564. The second kappa shape index (κ2) is 7.73. The molecule has 10 heteroatoms. The second-order valence-corrected chi connectivity index (χ2v) is 8.32. The second-order valence-electron chi connectivity index (χ2n) is 8.32. The minimum absolute atomic E-state index is 0.142. The van der Waals surface area contributed by atoms with Crippen molar-refractivity contribution in [3.63, 3.8) is 0 Å². The van der Waals surface area contributed by atoms with Gasteiger partial charge in [-0.1, -0.05) is 5.16 Å². The molecule has 0 radical (unpaired) electrons. The number of halogens is 1. The Morgan fingerprint density at radius 1 is 1.24 bits per heavy atom. The van der Waals surface area contributed by atoms with Crippen molar-refractivity contribution in [3.8, 4) is 28.6 Å². The number of anilines is 1. The first-order chi connectivity index (χ1) is 15.8. The third kappa shape index (κ3) is 4.14. The molecule has 5 rings (SSSR count). The number of aromatic nitrogens is 4. The highest BCUT2D eigenvalue weighted by Crippen LogP contribution is 2.43. The number of benzene rings is 2. The van der Waals surface area contributed by atoms with E-state index in [4.69, 9.17) is 9.47 Å². The van der Waals surface area contributed by atoms with E-state index >= 15 is 0 Å². The molecule has 168 valence electrons. The zero-order valence-corrected chi connectivity index (χ0v) is 18.1. The van der Waals surface area contributed by atoms with Crippen LogP contribution in [0.4, 0.5) is 10.2 Å². The first-order valence-electron chi connectivity index (χ1n) is 10.2. The van der Waals surface area contributed by atoms with Gasteiger partial charge in [0.15, 0.2) is 5.82 Å². The minimum Gasteiger partial charge on any atom is -0.487 e. The van der Waals surface area contributed by atoms with E-state index in [1.165, 1.54) is 12.1 Å². The average molecular weight is 449 g/mol. The van der Waals surface area contributed by atoms with Gasteiger partial charge in [0.05, 0.1) is 5.56 Å². The van der Waals surface area contributed by atoms with Crippen molar-refractivity contribution in [1.29, 1.82) is 0 Å². The first kappa shape index (κ1) is 20.7. The van der Waals surface area contributed by atoms with E-state index in [1.54, 1.807) is 42.2 Å². The van der Waals surface area contributed by atoms with Crippen LogP contribution in [-0.4, -0.2) is 31.4 Å².